The fourth-order valence-corrected chi connectivity index (χ4v) is 3.36. The molecule has 2 rings (SSSR count). The standard InChI is InChI=1S/C16H21Cl2NO/c1-19(12-7-4-2-3-5-8-12)16(20)11-13-14(17)9-6-10-15(13)18/h6,9-10,12H,2-5,7-8,11H2,1H3. The van der Waals surface area contributed by atoms with Crippen LogP contribution in [0.25, 0.3) is 0 Å². The molecule has 1 saturated carbocycles. The van der Waals surface area contributed by atoms with Crippen molar-refractivity contribution in [2.75, 3.05) is 7.05 Å². The van der Waals surface area contributed by atoms with Gasteiger partial charge in [0.15, 0.2) is 0 Å². The molecule has 0 radical (unpaired) electrons. The third-order valence-electron chi connectivity index (χ3n) is 4.16. The van der Waals surface area contributed by atoms with E-state index in [1.54, 1.807) is 18.2 Å². The molecule has 1 aromatic rings. The van der Waals surface area contributed by atoms with Crippen LogP contribution in [-0.2, 0) is 11.2 Å². The second kappa shape index (κ2) is 7.33. The maximum atomic E-state index is 12.4. The number of hydrogen-bond acceptors (Lipinski definition) is 1. The van der Waals surface area contributed by atoms with Crippen LogP contribution in [0.1, 0.15) is 44.1 Å². The molecule has 1 aliphatic rings. The predicted molar refractivity (Wildman–Crippen MR) is 84.4 cm³/mol. The maximum absolute atomic E-state index is 12.4. The zero-order chi connectivity index (χ0) is 14.5. The van der Waals surface area contributed by atoms with E-state index in [1.165, 1.54) is 25.7 Å². The third kappa shape index (κ3) is 3.89. The van der Waals surface area contributed by atoms with Crippen LogP contribution in [0.4, 0.5) is 0 Å². The summed E-state index contributed by atoms with van der Waals surface area (Å²) in [6.45, 7) is 0. The van der Waals surface area contributed by atoms with E-state index >= 15 is 0 Å². The SMILES string of the molecule is CN(C(=O)Cc1c(Cl)cccc1Cl)C1CCCCCC1. The molecule has 110 valence electrons. The lowest BCUT2D eigenvalue weighted by Crippen LogP contribution is -2.37. The Balaban J connectivity index is 2.03. The lowest BCUT2D eigenvalue weighted by atomic mass is 10.1. The van der Waals surface area contributed by atoms with E-state index in [9.17, 15) is 4.79 Å². The second-order valence-corrected chi connectivity index (χ2v) is 6.34. The Morgan fingerprint density at radius 2 is 1.70 bits per heavy atom. The van der Waals surface area contributed by atoms with Gasteiger partial charge in [-0.25, -0.2) is 0 Å². The number of rotatable bonds is 3. The summed E-state index contributed by atoms with van der Waals surface area (Å²) in [6.07, 6.45) is 7.51. The quantitative estimate of drug-likeness (QED) is 0.739. The lowest BCUT2D eigenvalue weighted by Gasteiger charge is -2.27. The van der Waals surface area contributed by atoms with Crippen LogP contribution in [0.15, 0.2) is 18.2 Å². The van der Waals surface area contributed by atoms with Crippen molar-refractivity contribution in [2.45, 2.75) is 51.0 Å². The van der Waals surface area contributed by atoms with Crippen molar-refractivity contribution in [1.82, 2.24) is 4.90 Å². The van der Waals surface area contributed by atoms with Gasteiger partial charge in [-0.05, 0) is 30.5 Å². The van der Waals surface area contributed by atoms with Crippen molar-refractivity contribution in [3.05, 3.63) is 33.8 Å². The summed E-state index contributed by atoms with van der Waals surface area (Å²) in [6, 6.07) is 5.73. The number of nitrogens with zero attached hydrogens (tertiary/aromatic N) is 1. The topological polar surface area (TPSA) is 20.3 Å². The first-order valence-corrected chi connectivity index (χ1v) is 8.03. The molecule has 0 unspecified atom stereocenters. The van der Waals surface area contributed by atoms with Crippen molar-refractivity contribution in [3.63, 3.8) is 0 Å². The Morgan fingerprint density at radius 1 is 1.15 bits per heavy atom. The monoisotopic (exact) mass is 313 g/mol. The molecule has 0 bridgehead atoms. The number of carbonyl (C=O) groups excluding carboxylic acids is 1. The van der Waals surface area contributed by atoms with E-state index in [0.717, 1.165) is 18.4 Å². The van der Waals surface area contributed by atoms with Gasteiger partial charge < -0.3 is 4.90 Å². The van der Waals surface area contributed by atoms with Gasteiger partial charge in [-0.15, -0.1) is 0 Å². The van der Waals surface area contributed by atoms with E-state index < -0.39 is 0 Å². The zero-order valence-corrected chi connectivity index (χ0v) is 13.4. The Labute approximate surface area is 131 Å². The molecule has 0 heterocycles. The van der Waals surface area contributed by atoms with Gasteiger partial charge in [-0.1, -0.05) is 55.0 Å². The van der Waals surface area contributed by atoms with Crippen LogP contribution < -0.4 is 0 Å². The van der Waals surface area contributed by atoms with E-state index in [1.807, 2.05) is 11.9 Å². The molecular weight excluding hydrogens is 293 g/mol. The normalized spacial score (nSPS) is 16.8. The molecule has 0 spiro atoms. The highest BCUT2D eigenvalue weighted by Gasteiger charge is 2.22. The minimum absolute atomic E-state index is 0.104. The van der Waals surface area contributed by atoms with Crippen LogP contribution in [0.5, 0.6) is 0 Å². The minimum Gasteiger partial charge on any atom is -0.342 e. The highest BCUT2D eigenvalue weighted by Crippen LogP contribution is 2.26. The van der Waals surface area contributed by atoms with E-state index in [4.69, 9.17) is 23.2 Å². The highest BCUT2D eigenvalue weighted by molar-refractivity contribution is 6.36. The number of carbonyl (C=O) groups is 1. The summed E-state index contributed by atoms with van der Waals surface area (Å²) >= 11 is 12.3. The first kappa shape index (κ1) is 15.7. The molecule has 0 aliphatic heterocycles. The predicted octanol–water partition coefficient (Wildman–Crippen LogP) is 4.72. The van der Waals surface area contributed by atoms with Crippen LogP contribution in [0.2, 0.25) is 10.0 Å². The van der Waals surface area contributed by atoms with E-state index in [0.29, 0.717) is 16.1 Å². The molecule has 20 heavy (non-hydrogen) atoms. The number of likely N-dealkylation sites (N-methyl/N-ethyl adjacent to an activating group) is 1. The Bertz CT molecular complexity index is 447. The molecule has 2 nitrogen and oxygen atoms in total. The van der Waals surface area contributed by atoms with Gasteiger partial charge in [0, 0.05) is 23.1 Å². The summed E-state index contributed by atoms with van der Waals surface area (Å²) < 4.78 is 0. The summed E-state index contributed by atoms with van der Waals surface area (Å²) in [4.78, 5) is 14.3. The highest BCUT2D eigenvalue weighted by atomic mass is 35.5. The fraction of sp³-hybridized carbons (Fsp3) is 0.562. The molecule has 1 aromatic carbocycles. The molecule has 0 aromatic heterocycles. The van der Waals surface area contributed by atoms with Crippen LogP contribution in [0, 0.1) is 0 Å². The number of amides is 1. The molecule has 1 fully saturated rings. The number of benzene rings is 1. The van der Waals surface area contributed by atoms with Crippen molar-refractivity contribution < 1.29 is 4.79 Å². The summed E-state index contributed by atoms with van der Waals surface area (Å²) in [5.41, 5.74) is 0.737. The van der Waals surface area contributed by atoms with Gasteiger partial charge in [0.1, 0.15) is 0 Å². The van der Waals surface area contributed by atoms with Crippen LogP contribution in [-0.4, -0.2) is 23.9 Å². The maximum Gasteiger partial charge on any atom is 0.227 e. The average Bonchev–Trinajstić information content (AvgIpc) is 2.71. The van der Waals surface area contributed by atoms with Gasteiger partial charge in [-0.3, -0.25) is 4.79 Å². The third-order valence-corrected chi connectivity index (χ3v) is 4.86. The molecular formula is C16H21Cl2NO. The first-order chi connectivity index (χ1) is 9.59. The largest absolute Gasteiger partial charge is 0.342 e. The van der Waals surface area contributed by atoms with Crippen molar-refractivity contribution in [2.24, 2.45) is 0 Å². The van der Waals surface area contributed by atoms with Crippen molar-refractivity contribution in [3.8, 4) is 0 Å². The van der Waals surface area contributed by atoms with Crippen LogP contribution in [0.3, 0.4) is 0 Å². The van der Waals surface area contributed by atoms with Crippen LogP contribution >= 0.6 is 23.2 Å². The van der Waals surface area contributed by atoms with E-state index in [-0.39, 0.29) is 12.3 Å². The van der Waals surface area contributed by atoms with Crippen molar-refractivity contribution in [1.29, 1.82) is 0 Å². The Morgan fingerprint density at radius 3 is 2.25 bits per heavy atom. The van der Waals surface area contributed by atoms with Gasteiger partial charge >= 0.3 is 0 Å². The van der Waals surface area contributed by atoms with E-state index in [2.05, 4.69) is 0 Å². The molecule has 1 aliphatic carbocycles. The molecule has 0 N–H and O–H groups in total. The number of hydrogen-bond donors (Lipinski definition) is 0. The first-order valence-electron chi connectivity index (χ1n) is 7.28. The molecule has 0 atom stereocenters. The summed E-state index contributed by atoms with van der Waals surface area (Å²) in [7, 11) is 1.91. The minimum atomic E-state index is 0.104. The van der Waals surface area contributed by atoms with Gasteiger partial charge in [0.25, 0.3) is 0 Å². The summed E-state index contributed by atoms with van der Waals surface area (Å²) in [5, 5.41) is 1.14. The second-order valence-electron chi connectivity index (χ2n) is 5.53. The number of halogens is 2. The van der Waals surface area contributed by atoms with Gasteiger partial charge in [0.05, 0.1) is 6.42 Å². The smallest absolute Gasteiger partial charge is 0.227 e. The zero-order valence-electron chi connectivity index (χ0n) is 11.9. The van der Waals surface area contributed by atoms with Gasteiger partial charge in [-0.2, -0.15) is 0 Å². The fourth-order valence-electron chi connectivity index (χ4n) is 2.83. The molecule has 4 heteroatoms. The summed E-state index contributed by atoms with van der Waals surface area (Å²) in [5.74, 6) is 0.104. The molecule has 0 saturated heterocycles. The Kier molecular flexibility index (Phi) is 5.74. The van der Waals surface area contributed by atoms with Gasteiger partial charge in [0.2, 0.25) is 5.91 Å². The average molecular weight is 314 g/mol. The lowest BCUT2D eigenvalue weighted by molar-refractivity contribution is -0.131. The van der Waals surface area contributed by atoms with Crippen molar-refractivity contribution >= 4 is 29.1 Å². The molecule has 1 amide bonds. The Hall–Kier alpha value is -0.730.